The summed E-state index contributed by atoms with van der Waals surface area (Å²) in [5, 5.41) is 3.11. The normalized spacial score (nSPS) is 20.6. The largest absolute Gasteiger partial charge is 0.375 e. The van der Waals surface area contributed by atoms with E-state index in [0.29, 0.717) is 19.8 Å². The quantitative estimate of drug-likeness (QED) is 0.245. The first kappa shape index (κ1) is 27.7. The summed E-state index contributed by atoms with van der Waals surface area (Å²) >= 11 is 0. The van der Waals surface area contributed by atoms with E-state index >= 15 is 0 Å². The summed E-state index contributed by atoms with van der Waals surface area (Å²) in [6.45, 7) is 1.68. The number of nitrogens with one attached hydrogen (secondary N) is 1. The van der Waals surface area contributed by atoms with Gasteiger partial charge in [0.1, 0.15) is 12.2 Å². The highest BCUT2D eigenvalue weighted by atomic mass is 16.6. The van der Waals surface area contributed by atoms with Crippen LogP contribution in [0, 0.1) is 0 Å². The van der Waals surface area contributed by atoms with Crippen molar-refractivity contribution in [1.29, 1.82) is 0 Å². The monoisotopic (exact) mass is 537 g/mol. The third-order valence-corrected chi connectivity index (χ3v) is 6.86. The molecule has 0 bridgehead atoms. The van der Waals surface area contributed by atoms with Crippen molar-refractivity contribution >= 4 is 5.91 Å². The van der Waals surface area contributed by atoms with Gasteiger partial charge in [-0.2, -0.15) is 0 Å². The van der Waals surface area contributed by atoms with Gasteiger partial charge in [0, 0.05) is 0 Å². The summed E-state index contributed by atoms with van der Waals surface area (Å²) in [7, 11) is 0. The van der Waals surface area contributed by atoms with E-state index in [1.807, 2.05) is 121 Å². The molecule has 4 aromatic carbocycles. The molecule has 4 atom stereocenters. The fourth-order valence-corrected chi connectivity index (χ4v) is 4.77. The fraction of sp³-hybridized carbons (Fsp3) is 0.265. The van der Waals surface area contributed by atoms with Crippen molar-refractivity contribution in [3.63, 3.8) is 0 Å². The molecule has 5 rings (SSSR count). The number of amides is 1. The smallest absolute Gasteiger partial charge is 0.252 e. The lowest BCUT2D eigenvalue weighted by atomic mass is 9.94. The summed E-state index contributed by atoms with van der Waals surface area (Å²) in [6.07, 6.45) is -2.00. The van der Waals surface area contributed by atoms with E-state index in [1.54, 1.807) is 0 Å². The van der Waals surface area contributed by atoms with Crippen LogP contribution in [0.1, 0.15) is 22.3 Å². The van der Waals surface area contributed by atoms with Gasteiger partial charge in [-0.3, -0.25) is 4.79 Å². The molecule has 40 heavy (non-hydrogen) atoms. The fourth-order valence-electron chi connectivity index (χ4n) is 4.77. The number of carbonyl (C=O) groups excluding carboxylic acids is 1. The van der Waals surface area contributed by atoms with Gasteiger partial charge >= 0.3 is 0 Å². The number of carbonyl (C=O) groups is 1. The lowest BCUT2D eigenvalue weighted by Gasteiger charge is -2.42. The molecule has 0 aliphatic carbocycles. The number of ether oxygens (including phenoxy) is 4. The van der Waals surface area contributed by atoms with Gasteiger partial charge in [0.15, 0.2) is 6.10 Å². The summed E-state index contributed by atoms with van der Waals surface area (Å²) in [6, 6.07) is 39.3. The van der Waals surface area contributed by atoms with Crippen molar-refractivity contribution in [2.75, 3.05) is 6.61 Å². The molecule has 1 heterocycles. The van der Waals surface area contributed by atoms with Gasteiger partial charge in [-0.15, -0.1) is 0 Å². The van der Waals surface area contributed by atoms with Crippen molar-refractivity contribution in [2.24, 2.45) is 0 Å². The number of benzene rings is 4. The molecule has 6 nitrogen and oxygen atoms in total. The summed E-state index contributed by atoms with van der Waals surface area (Å²) < 4.78 is 25.3. The zero-order chi connectivity index (χ0) is 27.4. The van der Waals surface area contributed by atoms with Crippen LogP contribution in [-0.2, 0) is 50.2 Å². The van der Waals surface area contributed by atoms with Gasteiger partial charge in [0.2, 0.25) is 0 Å². The van der Waals surface area contributed by atoms with E-state index in [0.717, 1.165) is 22.3 Å². The minimum atomic E-state index is -0.852. The first-order chi connectivity index (χ1) is 19.8. The first-order valence-corrected chi connectivity index (χ1v) is 13.6. The molecule has 0 saturated carbocycles. The Morgan fingerprint density at radius 2 is 0.900 bits per heavy atom. The Balaban J connectivity index is 1.36. The Kier molecular flexibility index (Phi) is 10.1. The highest BCUT2D eigenvalue weighted by Gasteiger charge is 2.46. The number of rotatable bonds is 13. The Morgan fingerprint density at radius 3 is 1.38 bits per heavy atom. The van der Waals surface area contributed by atoms with Crippen LogP contribution in [0.2, 0.25) is 0 Å². The average molecular weight is 538 g/mol. The van der Waals surface area contributed by atoms with Crippen LogP contribution in [-0.4, -0.2) is 36.9 Å². The standard InChI is InChI=1S/C34H35NO5/c36-34-33(40-24-29-19-11-4-12-20-29)32(39-23-28-17-9-3-10-18-28)31(38-22-27-15-7-2-8-16-27)30(35-34)25-37-21-26-13-5-1-6-14-26/h1-20,30-33H,21-25H2,(H,35,36)/t30-,31-,32-,33+/m0/s1. The predicted octanol–water partition coefficient (Wildman–Crippen LogP) is 5.46. The molecule has 0 unspecified atom stereocenters. The lowest BCUT2D eigenvalue weighted by molar-refractivity contribution is -0.191. The second kappa shape index (κ2) is 14.5. The van der Waals surface area contributed by atoms with Crippen LogP contribution in [0.15, 0.2) is 121 Å². The Bertz CT molecular complexity index is 1290. The molecule has 0 spiro atoms. The molecule has 4 aromatic rings. The molecule has 0 radical (unpaired) electrons. The second-order valence-corrected chi connectivity index (χ2v) is 9.86. The molecule has 6 heteroatoms. The minimum absolute atomic E-state index is 0.234. The van der Waals surface area contributed by atoms with E-state index in [2.05, 4.69) is 5.32 Å². The van der Waals surface area contributed by atoms with Crippen LogP contribution in [0.5, 0.6) is 0 Å². The van der Waals surface area contributed by atoms with Gasteiger partial charge < -0.3 is 24.3 Å². The van der Waals surface area contributed by atoms with Crippen molar-refractivity contribution in [3.05, 3.63) is 144 Å². The van der Waals surface area contributed by atoms with E-state index in [4.69, 9.17) is 18.9 Å². The molecule has 206 valence electrons. The first-order valence-electron chi connectivity index (χ1n) is 13.6. The molecule has 1 aliphatic heterocycles. The van der Waals surface area contributed by atoms with E-state index in [9.17, 15) is 4.79 Å². The highest BCUT2D eigenvalue weighted by Crippen LogP contribution is 2.25. The van der Waals surface area contributed by atoms with Crippen molar-refractivity contribution in [3.8, 4) is 0 Å². The van der Waals surface area contributed by atoms with E-state index in [-0.39, 0.29) is 19.1 Å². The third-order valence-electron chi connectivity index (χ3n) is 6.86. The molecule has 1 amide bonds. The van der Waals surface area contributed by atoms with Crippen molar-refractivity contribution in [2.45, 2.75) is 50.8 Å². The molecular weight excluding hydrogens is 502 g/mol. The van der Waals surface area contributed by atoms with Gasteiger partial charge in [-0.1, -0.05) is 121 Å². The van der Waals surface area contributed by atoms with Crippen LogP contribution in [0.3, 0.4) is 0 Å². The molecule has 1 fully saturated rings. The summed E-state index contributed by atoms with van der Waals surface area (Å²) in [5.41, 5.74) is 4.08. The van der Waals surface area contributed by atoms with E-state index in [1.165, 1.54) is 0 Å². The number of hydrogen-bond donors (Lipinski definition) is 1. The van der Waals surface area contributed by atoms with Crippen LogP contribution in [0.4, 0.5) is 0 Å². The lowest BCUT2D eigenvalue weighted by Crippen LogP contribution is -2.66. The van der Waals surface area contributed by atoms with Crippen LogP contribution >= 0.6 is 0 Å². The maximum atomic E-state index is 13.5. The Hall–Kier alpha value is -3.81. The SMILES string of the molecule is O=C1N[C@@H](COCc2ccccc2)[C@H](OCc2ccccc2)[C@H](OCc2ccccc2)[C@H]1OCc1ccccc1. The van der Waals surface area contributed by atoms with Gasteiger partial charge in [0.05, 0.1) is 39.1 Å². The number of hydrogen-bond acceptors (Lipinski definition) is 5. The van der Waals surface area contributed by atoms with Crippen molar-refractivity contribution in [1.82, 2.24) is 5.32 Å². The Labute approximate surface area is 235 Å². The van der Waals surface area contributed by atoms with E-state index < -0.39 is 24.4 Å². The van der Waals surface area contributed by atoms with Crippen molar-refractivity contribution < 1.29 is 23.7 Å². The summed E-state index contributed by atoms with van der Waals surface area (Å²) in [5.74, 6) is -0.234. The second-order valence-electron chi connectivity index (χ2n) is 9.86. The van der Waals surface area contributed by atoms with Gasteiger partial charge in [-0.05, 0) is 22.3 Å². The summed E-state index contributed by atoms with van der Waals surface area (Å²) in [4.78, 5) is 13.5. The Morgan fingerprint density at radius 1 is 0.500 bits per heavy atom. The van der Waals surface area contributed by atoms with Crippen LogP contribution < -0.4 is 5.32 Å². The molecule has 1 saturated heterocycles. The predicted molar refractivity (Wildman–Crippen MR) is 153 cm³/mol. The zero-order valence-corrected chi connectivity index (χ0v) is 22.4. The zero-order valence-electron chi connectivity index (χ0n) is 22.4. The highest BCUT2D eigenvalue weighted by molar-refractivity contribution is 5.83. The minimum Gasteiger partial charge on any atom is -0.375 e. The van der Waals surface area contributed by atoms with Gasteiger partial charge in [-0.25, -0.2) is 0 Å². The third kappa shape index (κ3) is 7.87. The number of piperidine rings is 1. The maximum Gasteiger partial charge on any atom is 0.252 e. The molecule has 1 aliphatic rings. The topological polar surface area (TPSA) is 66.0 Å². The molecular formula is C34H35NO5. The molecule has 1 N–H and O–H groups in total. The van der Waals surface area contributed by atoms with Crippen LogP contribution in [0.25, 0.3) is 0 Å². The average Bonchev–Trinajstić information content (AvgIpc) is 3.01. The van der Waals surface area contributed by atoms with Gasteiger partial charge in [0.25, 0.3) is 5.91 Å². The maximum absolute atomic E-state index is 13.5. The molecule has 0 aromatic heterocycles.